The lowest BCUT2D eigenvalue weighted by Crippen LogP contribution is -2.15. The van der Waals surface area contributed by atoms with E-state index in [1.807, 2.05) is 0 Å². The van der Waals surface area contributed by atoms with Crippen molar-refractivity contribution in [2.75, 3.05) is 5.32 Å². The molecule has 5 rings (SSSR count). The van der Waals surface area contributed by atoms with Crippen molar-refractivity contribution in [3.8, 4) is 11.1 Å². The van der Waals surface area contributed by atoms with Gasteiger partial charge >= 0.3 is 0 Å². The Morgan fingerprint density at radius 1 is 0.811 bits per heavy atom. The molecule has 0 fully saturated rings. The molecule has 0 saturated heterocycles. The highest BCUT2D eigenvalue weighted by molar-refractivity contribution is 6.11. The molecule has 1 heterocycles. The van der Waals surface area contributed by atoms with Crippen molar-refractivity contribution in [3.05, 3.63) is 110 Å². The van der Waals surface area contributed by atoms with Crippen LogP contribution in [0, 0.1) is 10.1 Å². The van der Waals surface area contributed by atoms with Gasteiger partial charge in [0.1, 0.15) is 0 Å². The van der Waals surface area contributed by atoms with Gasteiger partial charge in [0.2, 0.25) is 11.8 Å². The summed E-state index contributed by atoms with van der Waals surface area (Å²) in [6.07, 6.45) is 0. The van der Waals surface area contributed by atoms with E-state index in [4.69, 9.17) is 11.5 Å². The number of H-pyrrole nitrogens is 1. The monoisotopic (exact) mass is 493 g/mol. The van der Waals surface area contributed by atoms with Crippen LogP contribution in [0.25, 0.3) is 32.9 Å². The molecule has 0 saturated carbocycles. The van der Waals surface area contributed by atoms with Gasteiger partial charge in [0.15, 0.2) is 5.43 Å². The van der Waals surface area contributed by atoms with Crippen molar-refractivity contribution >= 4 is 50.7 Å². The maximum absolute atomic E-state index is 13.6. The summed E-state index contributed by atoms with van der Waals surface area (Å²) in [6.45, 7) is 0. The zero-order valence-corrected chi connectivity index (χ0v) is 19.1. The van der Waals surface area contributed by atoms with Gasteiger partial charge in [-0.2, -0.15) is 0 Å². The Bertz CT molecular complexity index is 1790. The van der Waals surface area contributed by atoms with Crippen LogP contribution < -0.4 is 22.2 Å². The molecule has 37 heavy (non-hydrogen) atoms. The first kappa shape index (κ1) is 23.2. The number of amides is 2. The summed E-state index contributed by atoms with van der Waals surface area (Å²) >= 11 is 0. The molecular formula is C27H19N5O5. The first-order chi connectivity index (χ1) is 17.7. The minimum absolute atomic E-state index is 0.0144. The summed E-state index contributed by atoms with van der Waals surface area (Å²) in [6, 6.07) is 20.6. The Labute approximate surface area is 208 Å². The van der Waals surface area contributed by atoms with Gasteiger partial charge in [0.25, 0.3) is 5.69 Å². The molecule has 182 valence electrons. The molecule has 4 aromatic carbocycles. The van der Waals surface area contributed by atoms with Crippen LogP contribution in [0.2, 0.25) is 0 Å². The molecule has 2 amide bonds. The van der Waals surface area contributed by atoms with E-state index < -0.39 is 16.7 Å². The van der Waals surface area contributed by atoms with Crippen molar-refractivity contribution in [1.29, 1.82) is 0 Å². The molecule has 10 heteroatoms. The van der Waals surface area contributed by atoms with Gasteiger partial charge in [0, 0.05) is 45.6 Å². The number of rotatable bonds is 6. The summed E-state index contributed by atoms with van der Waals surface area (Å²) in [7, 11) is 0. The van der Waals surface area contributed by atoms with E-state index in [2.05, 4.69) is 10.3 Å². The molecular weight excluding hydrogens is 474 g/mol. The number of hydrogen-bond donors (Lipinski definition) is 4. The van der Waals surface area contributed by atoms with Crippen LogP contribution in [0.1, 0.15) is 20.7 Å². The second-order valence-electron chi connectivity index (χ2n) is 8.36. The van der Waals surface area contributed by atoms with E-state index in [0.29, 0.717) is 38.9 Å². The highest BCUT2D eigenvalue weighted by atomic mass is 16.6. The van der Waals surface area contributed by atoms with Crippen LogP contribution in [-0.4, -0.2) is 21.7 Å². The highest BCUT2D eigenvalue weighted by Gasteiger charge is 2.19. The van der Waals surface area contributed by atoms with Crippen LogP contribution in [0.5, 0.6) is 0 Å². The van der Waals surface area contributed by atoms with Gasteiger partial charge in [-0.25, -0.2) is 0 Å². The lowest BCUT2D eigenvalue weighted by atomic mass is 9.93. The number of fused-ring (bicyclic) bond motifs is 2. The van der Waals surface area contributed by atoms with Gasteiger partial charge in [-0.1, -0.05) is 12.1 Å². The lowest BCUT2D eigenvalue weighted by Gasteiger charge is -2.14. The number of hydrogen-bond acceptors (Lipinski definition) is 6. The second kappa shape index (κ2) is 8.93. The van der Waals surface area contributed by atoms with E-state index in [-0.39, 0.29) is 27.6 Å². The fraction of sp³-hybridized carbons (Fsp3) is 0. The predicted octanol–water partition coefficient (Wildman–Crippen LogP) is 4.20. The maximum atomic E-state index is 13.6. The van der Waals surface area contributed by atoms with Crippen molar-refractivity contribution in [2.24, 2.45) is 11.5 Å². The average Bonchev–Trinajstić information content (AvgIpc) is 2.88. The lowest BCUT2D eigenvalue weighted by molar-refractivity contribution is -0.384. The fourth-order valence-electron chi connectivity index (χ4n) is 4.28. The number of carbonyl (C=O) groups excluding carboxylic acids is 2. The SMILES string of the molecule is NC(=O)c1ccc2c(=O)c3c(-c4ccc(Nc5ccc([N+](=O)[O-])cc5)cc4)c(C(N)=O)ccc3[nH]c2c1. The molecule has 5 aromatic rings. The average molecular weight is 493 g/mol. The third-order valence-electron chi connectivity index (χ3n) is 6.06. The zero-order valence-electron chi connectivity index (χ0n) is 19.1. The fourth-order valence-corrected chi connectivity index (χ4v) is 4.28. The quantitative estimate of drug-likeness (QED) is 0.157. The molecule has 0 aliphatic rings. The highest BCUT2D eigenvalue weighted by Crippen LogP contribution is 2.32. The normalized spacial score (nSPS) is 10.9. The molecule has 0 unspecified atom stereocenters. The number of anilines is 2. The predicted molar refractivity (Wildman–Crippen MR) is 141 cm³/mol. The number of aromatic amines is 1. The molecule has 6 N–H and O–H groups in total. The second-order valence-corrected chi connectivity index (χ2v) is 8.36. The van der Waals surface area contributed by atoms with Crippen LogP contribution >= 0.6 is 0 Å². The van der Waals surface area contributed by atoms with Gasteiger partial charge in [-0.15, -0.1) is 0 Å². The van der Waals surface area contributed by atoms with E-state index in [1.165, 1.54) is 30.3 Å². The number of nitrogens with two attached hydrogens (primary N) is 2. The molecule has 0 aliphatic carbocycles. The summed E-state index contributed by atoms with van der Waals surface area (Å²) in [5, 5.41) is 14.6. The van der Waals surface area contributed by atoms with Gasteiger partial charge in [-0.3, -0.25) is 24.5 Å². The Morgan fingerprint density at radius 2 is 1.46 bits per heavy atom. The summed E-state index contributed by atoms with van der Waals surface area (Å²) in [5.74, 6) is -1.30. The first-order valence-corrected chi connectivity index (χ1v) is 11.1. The van der Waals surface area contributed by atoms with E-state index >= 15 is 0 Å². The Balaban J connectivity index is 1.62. The smallest absolute Gasteiger partial charge is 0.269 e. The van der Waals surface area contributed by atoms with Gasteiger partial charge in [-0.05, 0) is 60.2 Å². The van der Waals surface area contributed by atoms with Gasteiger partial charge < -0.3 is 21.8 Å². The molecule has 10 nitrogen and oxygen atoms in total. The molecule has 0 radical (unpaired) electrons. The maximum Gasteiger partial charge on any atom is 0.269 e. The zero-order chi connectivity index (χ0) is 26.3. The van der Waals surface area contributed by atoms with Crippen molar-refractivity contribution in [2.45, 2.75) is 0 Å². The molecule has 0 aliphatic heterocycles. The number of aromatic nitrogens is 1. The minimum Gasteiger partial charge on any atom is -0.366 e. The van der Waals surface area contributed by atoms with Crippen molar-refractivity contribution in [3.63, 3.8) is 0 Å². The Morgan fingerprint density at radius 3 is 2.05 bits per heavy atom. The Kier molecular flexibility index (Phi) is 5.61. The van der Waals surface area contributed by atoms with Crippen LogP contribution in [0.15, 0.2) is 83.7 Å². The summed E-state index contributed by atoms with van der Waals surface area (Å²) in [5.41, 5.74) is 14.4. The minimum atomic E-state index is -0.687. The topological polar surface area (TPSA) is 174 Å². The number of primary amides is 2. The summed E-state index contributed by atoms with van der Waals surface area (Å²) in [4.78, 5) is 51.0. The number of non-ortho nitro benzene ring substituents is 1. The van der Waals surface area contributed by atoms with E-state index in [0.717, 1.165) is 0 Å². The number of nitro groups is 1. The van der Waals surface area contributed by atoms with E-state index in [1.54, 1.807) is 48.5 Å². The van der Waals surface area contributed by atoms with Crippen molar-refractivity contribution < 1.29 is 14.5 Å². The number of benzene rings is 4. The summed E-state index contributed by atoms with van der Waals surface area (Å²) < 4.78 is 0. The number of nitro benzene ring substituents is 1. The number of carbonyl (C=O) groups is 2. The number of pyridine rings is 1. The molecule has 1 aromatic heterocycles. The molecule has 0 bridgehead atoms. The van der Waals surface area contributed by atoms with Crippen LogP contribution in [-0.2, 0) is 0 Å². The molecule has 0 spiro atoms. The van der Waals surface area contributed by atoms with Crippen molar-refractivity contribution in [1.82, 2.24) is 4.98 Å². The van der Waals surface area contributed by atoms with E-state index in [9.17, 15) is 24.5 Å². The molecule has 0 atom stereocenters. The Hall–Kier alpha value is -5.51. The number of nitrogens with zero attached hydrogens (tertiary/aromatic N) is 1. The van der Waals surface area contributed by atoms with Crippen LogP contribution in [0.4, 0.5) is 17.1 Å². The first-order valence-electron chi connectivity index (χ1n) is 11.1. The third-order valence-corrected chi connectivity index (χ3v) is 6.06. The third kappa shape index (κ3) is 4.23. The van der Waals surface area contributed by atoms with Crippen LogP contribution in [0.3, 0.4) is 0 Å². The van der Waals surface area contributed by atoms with Gasteiger partial charge in [0.05, 0.1) is 21.3 Å². The number of nitrogens with one attached hydrogen (secondary N) is 2. The standard InChI is InChI=1S/C27H19N5O5/c28-26(34)15-3-10-19-22(13-15)31-21-12-11-20(27(29)35)23(24(21)25(19)33)14-1-4-16(5-2-14)30-17-6-8-18(9-7-17)32(36)37/h1-13,30H,(H2,28,34)(H2,29,35)(H,31,33). The largest absolute Gasteiger partial charge is 0.366 e.